The number of amides is 1. The van der Waals surface area contributed by atoms with Gasteiger partial charge in [-0.2, -0.15) is 0 Å². The maximum Gasteiger partial charge on any atom is 0.274 e. The summed E-state index contributed by atoms with van der Waals surface area (Å²) < 4.78 is 5.73. The summed E-state index contributed by atoms with van der Waals surface area (Å²) >= 11 is 0. The van der Waals surface area contributed by atoms with Crippen molar-refractivity contribution in [3.05, 3.63) is 72.4 Å². The fourth-order valence-electron chi connectivity index (χ4n) is 2.37. The van der Waals surface area contributed by atoms with E-state index in [0.717, 1.165) is 5.69 Å². The van der Waals surface area contributed by atoms with Crippen molar-refractivity contribution in [3.63, 3.8) is 0 Å². The first-order valence-electron chi connectivity index (χ1n) is 8.64. The third-order valence-corrected chi connectivity index (χ3v) is 3.57. The number of nitrogens with one attached hydrogen (secondary N) is 2. The molecule has 2 N–H and O–H groups in total. The van der Waals surface area contributed by atoms with Gasteiger partial charge in [-0.3, -0.25) is 9.78 Å². The normalized spacial score (nSPS) is 10.5. The van der Waals surface area contributed by atoms with Crippen LogP contribution in [0.15, 0.2) is 61.1 Å². The van der Waals surface area contributed by atoms with Crippen molar-refractivity contribution in [2.45, 2.75) is 26.5 Å². The van der Waals surface area contributed by atoms with Crippen LogP contribution in [0, 0.1) is 0 Å². The maximum absolute atomic E-state index is 12.6. The third-order valence-electron chi connectivity index (χ3n) is 3.57. The number of benzene rings is 1. The van der Waals surface area contributed by atoms with Gasteiger partial charge in [0.1, 0.15) is 23.6 Å². The Bertz CT molecular complexity index is 900. The van der Waals surface area contributed by atoms with Crippen LogP contribution in [0.1, 0.15) is 30.0 Å². The van der Waals surface area contributed by atoms with Gasteiger partial charge in [0.05, 0.1) is 24.0 Å². The summed E-state index contributed by atoms with van der Waals surface area (Å²) in [4.78, 5) is 25.0. The fourth-order valence-corrected chi connectivity index (χ4v) is 2.37. The van der Waals surface area contributed by atoms with Crippen LogP contribution >= 0.6 is 0 Å². The topological polar surface area (TPSA) is 89.0 Å². The highest BCUT2D eigenvalue weighted by molar-refractivity contribution is 6.04. The number of aromatic nitrogens is 3. The van der Waals surface area contributed by atoms with Gasteiger partial charge in [0.25, 0.3) is 5.91 Å². The molecule has 2 aromatic heterocycles. The summed E-state index contributed by atoms with van der Waals surface area (Å²) in [6.45, 7) is 4.37. The van der Waals surface area contributed by atoms with E-state index in [9.17, 15) is 4.79 Å². The summed E-state index contributed by atoms with van der Waals surface area (Å²) in [6.07, 6.45) is 3.09. The van der Waals surface area contributed by atoms with Gasteiger partial charge >= 0.3 is 0 Å². The number of rotatable bonds is 7. The summed E-state index contributed by atoms with van der Waals surface area (Å²) in [6, 6.07) is 14.6. The number of para-hydroxylation sites is 2. The first-order valence-corrected chi connectivity index (χ1v) is 8.64. The molecule has 0 bridgehead atoms. The van der Waals surface area contributed by atoms with E-state index in [1.54, 1.807) is 18.3 Å². The van der Waals surface area contributed by atoms with Crippen LogP contribution in [-0.2, 0) is 6.54 Å². The lowest BCUT2D eigenvalue weighted by Gasteiger charge is -2.14. The highest BCUT2D eigenvalue weighted by Crippen LogP contribution is 2.25. The van der Waals surface area contributed by atoms with Gasteiger partial charge < -0.3 is 15.4 Å². The van der Waals surface area contributed by atoms with E-state index in [0.29, 0.717) is 23.8 Å². The van der Waals surface area contributed by atoms with Crippen molar-refractivity contribution in [2.24, 2.45) is 0 Å². The fraction of sp³-hybridized carbons (Fsp3) is 0.200. The maximum atomic E-state index is 12.6. The van der Waals surface area contributed by atoms with Crippen LogP contribution in [0.5, 0.6) is 5.75 Å². The van der Waals surface area contributed by atoms with E-state index in [4.69, 9.17) is 4.74 Å². The van der Waals surface area contributed by atoms with E-state index in [1.807, 2.05) is 50.2 Å². The summed E-state index contributed by atoms with van der Waals surface area (Å²) in [7, 11) is 0. The molecule has 0 aliphatic heterocycles. The Kier molecular flexibility index (Phi) is 5.94. The lowest BCUT2D eigenvalue weighted by molar-refractivity contribution is 0.102. The van der Waals surface area contributed by atoms with Crippen molar-refractivity contribution < 1.29 is 9.53 Å². The van der Waals surface area contributed by atoms with Crippen LogP contribution in [0.2, 0.25) is 0 Å². The number of pyridine rings is 1. The van der Waals surface area contributed by atoms with Crippen LogP contribution in [0.25, 0.3) is 0 Å². The number of nitrogens with zero attached hydrogens (tertiary/aromatic N) is 3. The van der Waals surface area contributed by atoms with E-state index in [2.05, 4.69) is 25.6 Å². The molecule has 0 saturated heterocycles. The number of hydrogen-bond acceptors (Lipinski definition) is 6. The molecule has 0 aliphatic carbocycles. The van der Waals surface area contributed by atoms with E-state index in [-0.39, 0.29) is 17.7 Å². The quantitative estimate of drug-likeness (QED) is 0.668. The molecule has 27 heavy (non-hydrogen) atoms. The zero-order chi connectivity index (χ0) is 19.1. The predicted molar refractivity (Wildman–Crippen MR) is 104 cm³/mol. The molecule has 2 heterocycles. The van der Waals surface area contributed by atoms with E-state index in [1.165, 1.54) is 6.33 Å². The molecule has 3 rings (SSSR count). The number of carbonyl (C=O) groups excluding carboxylic acids is 1. The Labute approximate surface area is 157 Å². The van der Waals surface area contributed by atoms with Crippen molar-refractivity contribution in [1.82, 2.24) is 15.0 Å². The standard InChI is InChI=1S/C20H21N5O2/c1-14(2)27-18-9-4-3-8-16(18)25-20(26)17-11-19(24-13-23-17)22-12-15-7-5-6-10-21-15/h3-11,13-14H,12H2,1-2H3,(H,25,26)(H,22,23,24). The number of carbonyl (C=O) groups is 1. The van der Waals surface area contributed by atoms with E-state index >= 15 is 0 Å². The molecule has 0 radical (unpaired) electrons. The second-order valence-electron chi connectivity index (χ2n) is 6.08. The van der Waals surface area contributed by atoms with Crippen LogP contribution in [0.3, 0.4) is 0 Å². The minimum atomic E-state index is -0.335. The molecule has 3 aromatic rings. The highest BCUT2D eigenvalue weighted by atomic mass is 16.5. The van der Waals surface area contributed by atoms with Gasteiger partial charge in [-0.1, -0.05) is 18.2 Å². The Morgan fingerprint density at radius 1 is 1.07 bits per heavy atom. The Balaban J connectivity index is 1.69. The van der Waals surface area contributed by atoms with Crippen molar-refractivity contribution in [3.8, 4) is 5.75 Å². The van der Waals surface area contributed by atoms with Crippen LogP contribution in [-0.4, -0.2) is 27.0 Å². The largest absolute Gasteiger partial charge is 0.489 e. The molecule has 0 atom stereocenters. The smallest absolute Gasteiger partial charge is 0.274 e. The molecular weight excluding hydrogens is 342 g/mol. The molecule has 7 heteroatoms. The minimum absolute atomic E-state index is 0.00417. The molecule has 0 saturated carbocycles. The zero-order valence-corrected chi connectivity index (χ0v) is 15.2. The molecule has 7 nitrogen and oxygen atoms in total. The second-order valence-corrected chi connectivity index (χ2v) is 6.08. The molecule has 138 valence electrons. The third kappa shape index (κ3) is 5.24. The molecule has 0 aliphatic rings. The monoisotopic (exact) mass is 363 g/mol. The Hall–Kier alpha value is -3.48. The van der Waals surface area contributed by atoms with E-state index < -0.39 is 0 Å². The first kappa shape index (κ1) is 18.3. The minimum Gasteiger partial charge on any atom is -0.489 e. The summed E-state index contributed by atoms with van der Waals surface area (Å²) in [5.74, 6) is 0.828. The first-order chi connectivity index (χ1) is 13.1. The van der Waals surface area contributed by atoms with Crippen molar-refractivity contribution in [1.29, 1.82) is 0 Å². The van der Waals surface area contributed by atoms with Crippen LogP contribution < -0.4 is 15.4 Å². The average Bonchev–Trinajstić information content (AvgIpc) is 2.68. The SMILES string of the molecule is CC(C)Oc1ccccc1NC(=O)c1cc(NCc2ccccn2)ncn1. The van der Waals surface area contributed by atoms with Gasteiger partial charge in [0, 0.05) is 12.3 Å². The molecule has 1 amide bonds. The Morgan fingerprint density at radius 3 is 2.67 bits per heavy atom. The number of hydrogen-bond donors (Lipinski definition) is 2. The predicted octanol–water partition coefficient (Wildman–Crippen LogP) is 3.52. The van der Waals surface area contributed by atoms with Gasteiger partial charge in [0.15, 0.2) is 0 Å². The lowest BCUT2D eigenvalue weighted by atomic mass is 10.2. The average molecular weight is 363 g/mol. The van der Waals surface area contributed by atoms with Gasteiger partial charge in [-0.15, -0.1) is 0 Å². The lowest BCUT2D eigenvalue weighted by Crippen LogP contribution is -2.16. The zero-order valence-electron chi connectivity index (χ0n) is 15.2. The highest BCUT2D eigenvalue weighted by Gasteiger charge is 2.13. The van der Waals surface area contributed by atoms with Crippen LogP contribution in [0.4, 0.5) is 11.5 Å². The van der Waals surface area contributed by atoms with Gasteiger partial charge in [0.2, 0.25) is 0 Å². The van der Waals surface area contributed by atoms with Gasteiger partial charge in [-0.05, 0) is 38.1 Å². The molecule has 0 unspecified atom stereocenters. The number of anilines is 2. The molecule has 0 fully saturated rings. The molecule has 1 aromatic carbocycles. The van der Waals surface area contributed by atoms with Crippen molar-refractivity contribution in [2.75, 3.05) is 10.6 Å². The second kappa shape index (κ2) is 8.75. The Morgan fingerprint density at radius 2 is 1.89 bits per heavy atom. The van der Waals surface area contributed by atoms with Crippen molar-refractivity contribution >= 4 is 17.4 Å². The molecule has 0 spiro atoms. The summed E-state index contributed by atoms with van der Waals surface area (Å²) in [5.41, 5.74) is 1.73. The molecular formula is C20H21N5O2. The van der Waals surface area contributed by atoms with Gasteiger partial charge in [-0.25, -0.2) is 9.97 Å². The summed E-state index contributed by atoms with van der Waals surface area (Å²) in [5, 5.41) is 5.98. The number of ether oxygens (including phenoxy) is 1.